The summed E-state index contributed by atoms with van der Waals surface area (Å²) in [4.78, 5) is 21.7. The minimum Gasteiger partial charge on any atom is -0.493 e. The molecule has 0 spiro atoms. The van der Waals surface area contributed by atoms with Crippen LogP contribution in [0.2, 0.25) is 0 Å². The molecule has 0 aliphatic carbocycles. The van der Waals surface area contributed by atoms with E-state index in [9.17, 15) is 18.7 Å². The predicted molar refractivity (Wildman–Crippen MR) is 165 cm³/mol. The maximum atomic E-state index is 15.1. The molecule has 14 heteroatoms. The molecule has 47 heavy (non-hydrogen) atoms. The molecule has 0 bridgehead atoms. The summed E-state index contributed by atoms with van der Waals surface area (Å²) in [5, 5.41) is 17.9. The maximum Gasteiger partial charge on any atom is 0.269 e. The summed E-state index contributed by atoms with van der Waals surface area (Å²) >= 11 is 0. The highest BCUT2D eigenvalue weighted by molar-refractivity contribution is 5.94. The van der Waals surface area contributed by atoms with Crippen molar-refractivity contribution in [3.05, 3.63) is 77.7 Å². The number of rotatable bonds is 11. The standard InChI is InChI=1S/C33H30F3N5O6/c1-44-29-16-20-25(18-30(29)46-10-2-7-41-8-11-45-12-9-41)37-6-5-27(20)47-28-4-3-19(13-24(28)36)14-31(42)39-40-32-21-15-22(34)23(35)17-26(21)38-33(32)43/h3-6,13,15-18,38,43H,2,7-12,14H2,1H3. The molecule has 5 aromatic rings. The molecule has 3 heterocycles. The number of pyridine rings is 1. The van der Waals surface area contributed by atoms with E-state index in [2.05, 4.69) is 25.1 Å². The van der Waals surface area contributed by atoms with Crippen LogP contribution in [0.4, 0.5) is 18.9 Å². The molecule has 244 valence electrons. The van der Waals surface area contributed by atoms with Crippen molar-refractivity contribution in [3.8, 4) is 28.9 Å². The lowest BCUT2D eigenvalue weighted by Crippen LogP contribution is -2.37. The van der Waals surface area contributed by atoms with Gasteiger partial charge < -0.3 is 29.0 Å². The lowest BCUT2D eigenvalue weighted by Gasteiger charge is -2.26. The van der Waals surface area contributed by atoms with Crippen LogP contribution in [-0.4, -0.2) is 72.4 Å². The zero-order valence-corrected chi connectivity index (χ0v) is 25.3. The summed E-state index contributed by atoms with van der Waals surface area (Å²) in [5.74, 6) is -3.02. The number of amides is 1. The molecule has 0 radical (unpaired) electrons. The minimum atomic E-state index is -1.15. The number of hydrogen-bond acceptors (Lipinski definition) is 9. The number of aromatic amines is 1. The lowest BCUT2D eigenvalue weighted by atomic mass is 10.1. The molecule has 0 saturated carbocycles. The predicted octanol–water partition coefficient (Wildman–Crippen LogP) is 6.59. The fraction of sp³-hybridized carbons (Fsp3) is 0.273. The third-order valence-electron chi connectivity index (χ3n) is 7.59. The van der Waals surface area contributed by atoms with Gasteiger partial charge in [0, 0.05) is 48.7 Å². The van der Waals surface area contributed by atoms with Gasteiger partial charge in [0.05, 0.1) is 44.4 Å². The average Bonchev–Trinajstić information content (AvgIpc) is 3.36. The third kappa shape index (κ3) is 7.28. The van der Waals surface area contributed by atoms with Crippen LogP contribution in [-0.2, 0) is 16.0 Å². The van der Waals surface area contributed by atoms with E-state index < -0.39 is 29.2 Å². The fourth-order valence-corrected chi connectivity index (χ4v) is 5.22. The molecule has 1 amide bonds. The Labute approximate surface area is 266 Å². The third-order valence-corrected chi connectivity index (χ3v) is 7.59. The highest BCUT2D eigenvalue weighted by Gasteiger charge is 2.17. The number of azo groups is 1. The van der Waals surface area contributed by atoms with Gasteiger partial charge in [0.15, 0.2) is 40.4 Å². The normalized spacial score (nSPS) is 13.9. The highest BCUT2D eigenvalue weighted by Crippen LogP contribution is 2.38. The number of halogens is 3. The molecular weight excluding hydrogens is 619 g/mol. The summed E-state index contributed by atoms with van der Waals surface area (Å²) < 4.78 is 65.2. The lowest BCUT2D eigenvalue weighted by molar-refractivity contribution is -0.117. The molecule has 1 aliphatic heterocycles. The van der Waals surface area contributed by atoms with E-state index in [1.165, 1.54) is 19.2 Å². The Hall–Kier alpha value is -5.21. The first-order chi connectivity index (χ1) is 22.8. The Morgan fingerprint density at radius 2 is 1.79 bits per heavy atom. The second-order valence-electron chi connectivity index (χ2n) is 10.8. The number of nitrogens with zero attached hydrogens (tertiary/aromatic N) is 4. The van der Waals surface area contributed by atoms with Gasteiger partial charge in [-0.1, -0.05) is 6.07 Å². The number of fused-ring (bicyclic) bond motifs is 2. The van der Waals surface area contributed by atoms with E-state index in [4.69, 9.17) is 18.9 Å². The quantitative estimate of drug-likeness (QED) is 0.121. The first kappa shape index (κ1) is 31.8. The molecule has 1 fully saturated rings. The van der Waals surface area contributed by atoms with E-state index in [1.807, 2.05) is 0 Å². The van der Waals surface area contributed by atoms with Gasteiger partial charge in [-0.3, -0.25) is 14.7 Å². The molecule has 1 aliphatic rings. The number of carbonyl (C=O) groups excluding carboxylic acids is 1. The Bertz CT molecular complexity index is 1960. The van der Waals surface area contributed by atoms with Gasteiger partial charge in [0.25, 0.3) is 5.91 Å². The van der Waals surface area contributed by atoms with Crippen LogP contribution in [0.15, 0.2) is 65.0 Å². The summed E-state index contributed by atoms with van der Waals surface area (Å²) in [6.45, 7) is 4.70. The van der Waals surface area contributed by atoms with Crippen LogP contribution in [0.1, 0.15) is 12.0 Å². The van der Waals surface area contributed by atoms with Gasteiger partial charge in [0.1, 0.15) is 5.75 Å². The fourth-order valence-electron chi connectivity index (χ4n) is 5.22. The van der Waals surface area contributed by atoms with E-state index in [0.29, 0.717) is 34.8 Å². The van der Waals surface area contributed by atoms with Crippen LogP contribution in [0.25, 0.3) is 21.8 Å². The molecule has 2 aromatic heterocycles. The molecule has 11 nitrogen and oxygen atoms in total. The number of methoxy groups -OCH3 is 1. The first-order valence-corrected chi connectivity index (χ1v) is 14.8. The Kier molecular flexibility index (Phi) is 9.50. The van der Waals surface area contributed by atoms with Crippen molar-refractivity contribution in [1.29, 1.82) is 0 Å². The number of carbonyl (C=O) groups is 1. The van der Waals surface area contributed by atoms with E-state index in [1.54, 1.807) is 24.4 Å². The SMILES string of the molecule is COc1cc2c(Oc3ccc(CC(=O)N=Nc4c(O)[nH]c5cc(F)c(F)cc45)cc3F)ccnc2cc1OCCCN1CCOCC1. The summed E-state index contributed by atoms with van der Waals surface area (Å²) in [5.41, 5.74) is 0.691. The Morgan fingerprint density at radius 1 is 0.979 bits per heavy atom. The number of aromatic nitrogens is 2. The number of H-pyrrole nitrogens is 1. The van der Waals surface area contributed by atoms with Crippen molar-refractivity contribution >= 4 is 33.4 Å². The van der Waals surface area contributed by atoms with Gasteiger partial charge in [-0.2, -0.15) is 0 Å². The van der Waals surface area contributed by atoms with Gasteiger partial charge in [-0.15, -0.1) is 10.2 Å². The van der Waals surface area contributed by atoms with E-state index in [0.717, 1.165) is 57.5 Å². The molecule has 0 unspecified atom stereocenters. The van der Waals surface area contributed by atoms with Gasteiger partial charge in [0.2, 0.25) is 5.88 Å². The van der Waals surface area contributed by atoms with Crippen LogP contribution >= 0.6 is 0 Å². The van der Waals surface area contributed by atoms with E-state index >= 15 is 4.39 Å². The number of hydrogen-bond donors (Lipinski definition) is 2. The van der Waals surface area contributed by atoms with Crippen molar-refractivity contribution < 1.29 is 42.0 Å². The summed E-state index contributed by atoms with van der Waals surface area (Å²) in [6.07, 6.45) is 2.05. The average molecular weight is 650 g/mol. The second-order valence-corrected chi connectivity index (χ2v) is 10.8. The monoisotopic (exact) mass is 649 g/mol. The number of aromatic hydroxyl groups is 1. The number of ether oxygens (including phenoxy) is 4. The van der Waals surface area contributed by atoms with Crippen LogP contribution < -0.4 is 14.2 Å². The molecule has 1 saturated heterocycles. The zero-order valence-electron chi connectivity index (χ0n) is 25.3. The number of benzene rings is 3. The molecule has 3 aromatic carbocycles. The molecule has 2 N–H and O–H groups in total. The first-order valence-electron chi connectivity index (χ1n) is 14.8. The molecule has 6 rings (SSSR count). The van der Waals surface area contributed by atoms with Crippen LogP contribution in [0.5, 0.6) is 28.9 Å². The second kappa shape index (κ2) is 14.1. The van der Waals surface area contributed by atoms with Gasteiger partial charge in [-0.05, 0) is 42.3 Å². The van der Waals surface area contributed by atoms with E-state index in [-0.39, 0.29) is 34.3 Å². The maximum absolute atomic E-state index is 15.1. The van der Waals surface area contributed by atoms with Crippen molar-refractivity contribution in [2.75, 3.05) is 46.6 Å². The van der Waals surface area contributed by atoms with Gasteiger partial charge >= 0.3 is 0 Å². The minimum absolute atomic E-state index is 0.0370. The highest BCUT2D eigenvalue weighted by atomic mass is 19.2. The van der Waals surface area contributed by atoms with Crippen molar-refractivity contribution in [1.82, 2.24) is 14.9 Å². The van der Waals surface area contributed by atoms with Crippen molar-refractivity contribution in [2.24, 2.45) is 10.2 Å². The summed E-state index contributed by atoms with van der Waals surface area (Å²) in [6, 6.07) is 10.8. The molecular formula is C33H30F3N5O6. The van der Waals surface area contributed by atoms with Crippen LogP contribution in [0.3, 0.4) is 0 Å². The largest absolute Gasteiger partial charge is 0.493 e. The number of nitrogens with one attached hydrogen (secondary N) is 1. The summed E-state index contributed by atoms with van der Waals surface area (Å²) in [7, 11) is 1.53. The van der Waals surface area contributed by atoms with Crippen molar-refractivity contribution in [2.45, 2.75) is 12.8 Å². The number of morpholine rings is 1. The molecule has 0 atom stereocenters. The topological polar surface area (TPSA) is 131 Å². The zero-order chi connectivity index (χ0) is 32.9. The Balaban J connectivity index is 1.12. The smallest absolute Gasteiger partial charge is 0.269 e. The Morgan fingerprint density at radius 3 is 2.57 bits per heavy atom. The van der Waals surface area contributed by atoms with Crippen molar-refractivity contribution in [3.63, 3.8) is 0 Å². The van der Waals surface area contributed by atoms with Gasteiger partial charge in [-0.25, -0.2) is 13.2 Å². The van der Waals surface area contributed by atoms with Crippen LogP contribution in [0, 0.1) is 17.5 Å².